The fraction of sp³-hybridized carbons (Fsp3) is 0.176. The van der Waals surface area contributed by atoms with E-state index in [2.05, 4.69) is 9.83 Å². The van der Waals surface area contributed by atoms with Crippen LogP contribution in [0.1, 0.15) is 11.1 Å². The minimum atomic E-state index is -5.55. The van der Waals surface area contributed by atoms with Gasteiger partial charge < -0.3 is 0 Å². The predicted molar refractivity (Wildman–Crippen MR) is 78.2 cm³/mol. The van der Waals surface area contributed by atoms with Crippen molar-refractivity contribution in [3.63, 3.8) is 0 Å². The number of pyridine rings is 1. The van der Waals surface area contributed by atoms with Gasteiger partial charge in [-0.1, -0.05) is 30.3 Å². The minimum Gasteiger partial charge on any atom is -0.255 e. The first-order valence-electron chi connectivity index (χ1n) is 7.01. The number of fused-ring (bicyclic) bond motifs is 5. The molecule has 0 atom stereocenters. The molecule has 1 aromatic heterocycles. The van der Waals surface area contributed by atoms with Crippen molar-refractivity contribution in [3.8, 4) is 0 Å². The quantitative estimate of drug-likeness (QED) is 0.285. The summed E-state index contributed by atoms with van der Waals surface area (Å²) in [7, 11) is 0. The molecule has 2 aromatic carbocycles. The molecular weight excluding hydrogens is 346 g/mol. The smallest absolute Gasteiger partial charge is 0.255 e. The summed E-state index contributed by atoms with van der Waals surface area (Å²) in [6, 6.07) is 6.74. The van der Waals surface area contributed by atoms with E-state index < -0.39 is 34.3 Å². The van der Waals surface area contributed by atoms with Crippen LogP contribution in [-0.2, 0) is 11.8 Å². The van der Waals surface area contributed by atoms with Gasteiger partial charge in [-0.05, 0) is 10.8 Å². The molecule has 1 aliphatic rings. The molecule has 0 saturated carbocycles. The number of hydrogen-bond acceptors (Lipinski definition) is 1. The van der Waals surface area contributed by atoms with Crippen molar-refractivity contribution in [2.24, 2.45) is 0 Å². The van der Waals surface area contributed by atoms with Crippen molar-refractivity contribution >= 4 is 27.4 Å². The van der Waals surface area contributed by atoms with Gasteiger partial charge in [0.25, 0.3) is 0 Å². The van der Waals surface area contributed by atoms with Gasteiger partial charge in [-0.15, -0.1) is 0 Å². The van der Waals surface area contributed by atoms with Gasteiger partial charge in [-0.25, -0.2) is 4.85 Å². The van der Waals surface area contributed by atoms with Crippen LogP contribution < -0.4 is 0 Å². The SMILES string of the molecule is [C-]#[N+]c1cccc2c1ccc1c3c(cnc12)C(F)(F)C(F)(F)C3(F)F. The molecule has 25 heavy (non-hydrogen) atoms. The third-order valence-electron chi connectivity index (χ3n) is 4.43. The van der Waals surface area contributed by atoms with Crippen LogP contribution in [0.15, 0.2) is 36.5 Å². The van der Waals surface area contributed by atoms with Crippen LogP contribution in [0, 0.1) is 6.57 Å². The standard InChI is InChI=1S/C17H6F6N2/c1-24-12-4-2-3-9-8(12)5-6-10-13-11(7-25-14(9)10)15(18,19)17(22,23)16(13,20)21/h2-7H. The second-order valence-electron chi connectivity index (χ2n) is 5.72. The number of rotatable bonds is 0. The minimum absolute atomic E-state index is 0.130. The lowest BCUT2D eigenvalue weighted by atomic mass is 9.98. The summed E-state index contributed by atoms with van der Waals surface area (Å²) in [5, 5.41) is 0.148. The Balaban J connectivity index is 2.20. The number of benzene rings is 2. The highest BCUT2D eigenvalue weighted by atomic mass is 19.3. The Labute approximate surface area is 136 Å². The first-order valence-corrected chi connectivity index (χ1v) is 7.01. The monoisotopic (exact) mass is 352 g/mol. The van der Waals surface area contributed by atoms with E-state index in [1.54, 1.807) is 0 Å². The van der Waals surface area contributed by atoms with Crippen molar-refractivity contribution in [2.75, 3.05) is 0 Å². The number of alkyl halides is 6. The molecule has 0 saturated heterocycles. The lowest BCUT2D eigenvalue weighted by Crippen LogP contribution is -2.43. The molecule has 2 nitrogen and oxygen atoms in total. The number of aromatic nitrogens is 1. The van der Waals surface area contributed by atoms with E-state index in [9.17, 15) is 26.3 Å². The summed E-state index contributed by atoms with van der Waals surface area (Å²) < 4.78 is 83.5. The summed E-state index contributed by atoms with van der Waals surface area (Å²) in [6.45, 7) is 7.11. The zero-order valence-electron chi connectivity index (χ0n) is 12.1. The first kappa shape index (κ1) is 15.7. The molecule has 4 rings (SSSR count). The molecule has 0 aliphatic heterocycles. The molecule has 0 amide bonds. The van der Waals surface area contributed by atoms with Gasteiger partial charge in [0, 0.05) is 17.1 Å². The molecule has 1 heterocycles. The Morgan fingerprint density at radius 2 is 1.52 bits per heavy atom. The molecule has 0 radical (unpaired) electrons. The molecule has 0 unspecified atom stereocenters. The highest BCUT2D eigenvalue weighted by molar-refractivity contribution is 6.10. The molecule has 0 bridgehead atoms. The average molecular weight is 352 g/mol. The van der Waals surface area contributed by atoms with Crippen LogP contribution >= 0.6 is 0 Å². The molecule has 8 heteroatoms. The molecular formula is C17H6F6N2. The number of halogens is 6. The van der Waals surface area contributed by atoms with Gasteiger partial charge in [-0.3, -0.25) is 4.98 Å². The van der Waals surface area contributed by atoms with Gasteiger partial charge in [-0.2, -0.15) is 26.3 Å². The summed E-state index contributed by atoms with van der Waals surface area (Å²) in [4.78, 5) is 7.02. The number of hydrogen-bond donors (Lipinski definition) is 0. The maximum absolute atomic E-state index is 14.2. The van der Waals surface area contributed by atoms with E-state index in [0.29, 0.717) is 11.6 Å². The fourth-order valence-electron chi connectivity index (χ4n) is 3.20. The van der Waals surface area contributed by atoms with E-state index >= 15 is 0 Å². The average Bonchev–Trinajstić information content (AvgIpc) is 2.69. The zero-order valence-corrected chi connectivity index (χ0v) is 12.1. The van der Waals surface area contributed by atoms with E-state index in [1.165, 1.54) is 24.3 Å². The Bertz CT molecular complexity index is 1100. The maximum atomic E-state index is 14.2. The fourth-order valence-corrected chi connectivity index (χ4v) is 3.20. The van der Waals surface area contributed by atoms with Gasteiger partial charge >= 0.3 is 17.8 Å². The second-order valence-corrected chi connectivity index (χ2v) is 5.72. The van der Waals surface area contributed by atoms with E-state index in [-0.39, 0.29) is 16.6 Å². The van der Waals surface area contributed by atoms with Crippen LogP contribution in [0.4, 0.5) is 32.0 Å². The second kappa shape index (κ2) is 4.42. The van der Waals surface area contributed by atoms with Crippen LogP contribution in [0.3, 0.4) is 0 Å². The normalized spacial score (nSPS) is 19.7. The third-order valence-corrected chi connectivity index (χ3v) is 4.43. The largest absolute Gasteiger partial charge is 0.380 e. The van der Waals surface area contributed by atoms with Gasteiger partial charge in [0.05, 0.1) is 17.7 Å². The van der Waals surface area contributed by atoms with Crippen molar-refractivity contribution in [1.82, 2.24) is 4.98 Å². The maximum Gasteiger partial charge on any atom is 0.380 e. The summed E-state index contributed by atoms with van der Waals surface area (Å²) in [5.41, 5.74) is -2.81. The lowest BCUT2D eigenvalue weighted by Gasteiger charge is -2.23. The van der Waals surface area contributed by atoms with Crippen molar-refractivity contribution < 1.29 is 26.3 Å². The van der Waals surface area contributed by atoms with Gasteiger partial charge in [0.2, 0.25) is 0 Å². The molecule has 0 fully saturated rings. The molecule has 1 aliphatic carbocycles. The van der Waals surface area contributed by atoms with E-state index in [0.717, 1.165) is 6.07 Å². The van der Waals surface area contributed by atoms with Crippen LogP contribution in [0.5, 0.6) is 0 Å². The molecule has 0 spiro atoms. The Hall–Kier alpha value is -2.82. The molecule has 0 N–H and O–H groups in total. The summed E-state index contributed by atoms with van der Waals surface area (Å²) >= 11 is 0. The molecule has 3 aromatic rings. The van der Waals surface area contributed by atoms with Crippen molar-refractivity contribution in [3.05, 3.63) is 59.1 Å². The third kappa shape index (κ3) is 1.63. The lowest BCUT2D eigenvalue weighted by molar-refractivity contribution is -0.302. The number of nitrogens with zero attached hydrogens (tertiary/aromatic N) is 2. The summed E-state index contributed by atoms with van der Waals surface area (Å²) in [6.07, 6.45) is 0.371. The summed E-state index contributed by atoms with van der Waals surface area (Å²) in [5.74, 6) is -15.6. The predicted octanol–water partition coefficient (Wildman–Crippen LogP) is 5.77. The Morgan fingerprint density at radius 3 is 2.20 bits per heavy atom. The van der Waals surface area contributed by atoms with Crippen LogP contribution in [-0.4, -0.2) is 10.9 Å². The molecule has 126 valence electrons. The van der Waals surface area contributed by atoms with Crippen LogP contribution in [0.25, 0.3) is 26.5 Å². The van der Waals surface area contributed by atoms with E-state index in [4.69, 9.17) is 6.57 Å². The topological polar surface area (TPSA) is 17.2 Å². The van der Waals surface area contributed by atoms with E-state index in [1.807, 2.05) is 0 Å². The Kier molecular flexibility index (Phi) is 2.77. The first-order chi connectivity index (χ1) is 11.6. The van der Waals surface area contributed by atoms with Crippen molar-refractivity contribution in [2.45, 2.75) is 17.8 Å². The zero-order chi connectivity index (χ0) is 18.2. The van der Waals surface area contributed by atoms with Crippen molar-refractivity contribution in [1.29, 1.82) is 0 Å². The van der Waals surface area contributed by atoms with Gasteiger partial charge in [0.1, 0.15) is 0 Å². The Morgan fingerprint density at radius 1 is 0.840 bits per heavy atom. The van der Waals surface area contributed by atoms with Gasteiger partial charge in [0.15, 0.2) is 5.69 Å². The highest BCUT2D eigenvalue weighted by Gasteiger charge is 2.79. The van der Waals surface area contributed by atoms with Crippen LogP contribution in [0.2, 0.25) is 0 Å². The highest BCUT2D eigenvalue weighted by Crippen LogP contribution is 2.64.